The molecule has 24 heavy (non-hydrogen) atoms. The van der Waals surface area contributed by atoms with Crippen molar-refractivity contribution >= 4 is 17.8 Å². The number of rotatable bonds is 6. The number of carbonyl (C=O) groups excluding carboxylic acids is 2. The molecule has 0 aliphatic heterocycles. The summed E-state index contributed by atoms with van der Waals surface area (Å²) in [6, 6.07) is 2.67. The van der Waals surface area contributed by atoms with E-state index >= 15 is 0 Å². The van der Waals surface area contributed by atoms with E-state index in [0.717, 1.165) is 25.7 Å². The molecule has 1 fully saturated rings. The van der Waals surface area contributed by atoms with Crippen LogP contribution in [0.5, 0.6) is 0 Å². The standard InChI is InChI=1S/C17H23N3O4/c1-2-9-19-16(24)17(7-4-3-5-8-17)20-14(21)12-6-10-18-13(11-12)15(22)23/h6,10-11H,2-5,7-9H2,1H3,(H,19,24)(H,20,21)(H,22,23). The number of carboxylic acids is 1. The van der Waals surface area contributed by atoms with E-state index in [4.69, 9.17) is 5.11 Å². The third-order valence-electron chi connectivity index (χ3n) is 4.27. The molecule has 0 radical (unpaired) electrons. The lowest BCUT2D eigenvalue weighted by Gasteiger charge is -2.36. The van der Waals surface area contributed by atoms with Gasteiger partial charge in [-0.15, -0.1) is 0 Å². The van der Waals surface area contributed by atoms with Crippen LogP contribution in [0.4, 0.5) is 0 Å². The summed E-state index contributed by atoms with van der Waals surface area (Å²) in [6.45, 7) is 2.53. The van der Waals surface area contributed by atoms with Crippen LogP contribution in [0, 0.1) is 0 Å². The molecule has 0 spiro atoms. The molecule has 0 atom stereocenters. The quantitative estimate of drug-likeness (QED) is 0.735. The lowest BCUT2D eigenvalue weighted by Crippen LogP contribution is -2.59. The maximum Gasteiger partial charge on any atom is 0.354 e. The maximum atomic E-state index is 12.6. The molecule has 1 heterocycles. The van der Waals surface area contributed by atoms with Crippen molar-refractivity contribution in [3.8, 4) is 0 Å². The number of hydrogen-bond acceptors (Lipinski definition) is 4. The Morgan fingerprint density at radius 1 is 1.25 bits per heavy atom. The van der Waals surface area contributed by atoms with Gasteiger partial charge in [-0.2, -0.15) is 0 Å². The second kappa shape index (κ2) is 7.90. The highest BCUT2D eigenvalue weighted by Crippen LogP contribution is 2.29. The van der Waals surface area contributed by atoms with Gasteiger partial charge in [-0.3, -0.25) is 9.59 Å². The van der Waals surface area contributed by atoms with Crippen LogP contribution in [-0.2, 0) is 4.79 Å². The number of pyridine rings is 1. The first-order valence-electron chi connectivity index (χ1n) is 8.28. The minimum atomic E-state index is -1.20. The summed E-state index contributed by atoms with van der Waals surface area (Å²) in [4.78, 5) is 39.8. The number of nitrogens with zero attached hydrogens (tertiary/aromatic N) is 1. The molecule has 0 saturated heterocycles. The highest BCUT2D eigenvalue weighted by Gasteiger charge is 2.40. The molecule has 1 aliphatic rings. The van der Waals surface area contributed by atoms with Crippen molar-refractivity contribution in [3.63, 3.8) is 0 Å². The normalized spacial score (nSPS) is 16.2. The van der Waals surface area contributed by atoms with E-state index in [1.807, 2.05) is 6.92 Å². The van der Waals surface area contributed by atoms with Crippen molar-refractivity contribution in [1.82, 2.24) is 15.6 Å². The Kier molecular flexibility index (Phi) is 5.89. The average Bonchev–Trinajstić information content (AvgIpc) is 2.60. The summed E-state index contributed by atoms with van der Waals surface area (Å²) in [5.41, 5.74) is -0.927. The van der Waals surface area contributed by atoms with Crippen LogP contribution in [0.1, 0.15) is 66.3 Å². The molecule has 1 saturated carbocycles. The van der Waals surface area contributed by atoms with Crippen molar-refractivity contribution in [2.75, 3.05) is 6.54 Å². The molecule has 7 heteroatoms. The average molecular weight is 333 g/mol. The predicted octanol–water partition coefficient (Wildman–Crippen LogP) is 1.74. The second-order valence-electron chi connectivity index (χ2n) is 6.09. The molecule has 130 valence electrons. The van der Waals surface area contributed by atoms with Crippen LogP contribution >= 0.6 is 0 Å². The van der Waals surface area contributed by atoms with E-state index in [0.29, 0.717) is 19.4 Å². The number of aromatic nitrogens is 1. The number of nitrogens with one attached hydrogen (secondary N) is 2. The lowest BCUT2D eigenvalue weighted by molar-refractivity contribution is -0.128. The minimum Gasteiger partial charge on any atom is -0.477 e. The Balaban J connectivity index is 2.19. The fraction of sp³-hybridized carbons (Fsp3) is 0.529. The summed E-state index contributed by atoms with van der Waals surface area (Å²) in [6.07, 6.45) is 6.06. The molecule has 0 bridgehead atoms. The molecule has 2 amide bonds. The zero-order valence-electron chi connectivity index (χ0n) is 13.8. The van der Waals surface area contributed by atoms with Crippen molar-refractivity contribution in [1.29, 1.82) is 0 Å². The fourth-order valence-electron chi connectivity index (χ4n) is 2.95. The molecule has 1 aliphatic carbocycles. The number of aromatic carboxylic acids is 1. The van der Waals surface area contributed by atoms with E-state index in [-0.39, 0.29) is 17.2 Å². The van der Waals surface area contributed by atoms with Gasteiger partial charge in [0.25, 0.3) is 5.91 Å². The van der Waals surface area contributed by atoms with Gasteiger partial charge in [-0.1, -0.05) is 26.2 Å². The van der Waals surface area contributed by atoms with Gasteiger partial charge >= 0.3 is 5.97 Å². The van der Waals surface area contributed by atoms with Gasteiger partial charge in [0.1, 0.15) is 11.2 Å². The van der Waals surface area contributed by atoms with Gasteiger partial charge in [-0.25, -0.2) is 9.78 Å². The van der Waals surface area contributed by atoms with E-state index in [9.17, 15) is 14.4 Å². The molecular formula is C17H23N3O4. The fourth-order valence-corrected chi connectivity index (χ4v) is 2.95. The largest absolute Gasteiger partial charge is 0.477 e. The van der Waals surface area contributed by atoms with E-state index < -0.39 is 17.4 Å². The minimum absolute atomic E-state index is 0.162. The Labute approximate surface area is 140 Å². The Morgan fingerprint density at radius 3 is 2.58 bits per heavy atom. The molecule has 7 nitrogen and oxygen atoms in total. The van der Waals surface area contributed by atoms with Crippen LogP contribution < -0.4 is 10.6 Å². The first-order chi connectivity index (χ1) is 11.5. The van der Waals surface area contributed by atoms with Crippen molar-refractivity contribution in [2.24, 2.45) is 0 Å². The summed E-state index contributed by atoms with van der Waals surface area (Å²) in [5.74, 6) is -1.81. The van der Waals surface area contributed by atoms with Crippen LogP contribution in [0.2, 0.25) is 0 Å². The van der Waals surface area contributed by atoms with E-state index in [1.165, 1.54) is 18.3 Å². The SMILES string of the molecule is CCCNC(=O)C1(NC(=O)c2ccnc(C(=O)O)c2)CCCCC1. The summed E-state index contributed by atoms with van der Waals surface area (Å²) >= 11 is 0. The number of carbonyl (C=O) groups is 3. The van der Waals surface area contributed by atoms with Crippen LogP contribution in [0.3, 0.4) is 0 Å². The smallest absolute Gasteiger partial charge is 0.354 e. The van der Waals surface area contributed by atoms with Gasteiger partial charge in [0.15, 0.2) is 0 Å². The van der Waals surface area contributed by atoms with Crippen LogP contribution in [0.25, 0.3) is 0 Å². The Hall–Kier alpha value is -2.44. The summed E-state index contributed by atoms with van der Waals surface area (Å²) in [5, 5.41) is 14.7. The van der Waals surface area contributed by atoms with Gasteiger partial charge in [0, 0.05) is 18.3 Å². The second-order valence-corrected chi connectivity index (χ2v) is 6.09. The molecular weight excluding hydrogens is 310 g/mol. The van der Waals surface area contributed by atoms with Gasteiger partial charge in [0.05, 0.1) is 0 Å². The summed E-state index contributed by atoms with van der Waals surface area (Å²) < 4.78 is 0. The van der Waals surface area contributed by atoms with E-state index in [1.54, 1.807) is 0 Å². The topological polar surface area (TPSA) is 108 Å². The van der Waals surface area contributed by atoms with E-state index in [2.05, 4.69) is 15.6 Å². The summed E-state index contributed by atoms with van der Waals surface area (Å²) in [7, 11) is 0. The Morgan fingerprint density at radius 2 is 1.96 bits per heavy atom. The van der Waals surface area contributed by atoms with Crippen molar-refractivity contribution < 1.29 is 19.5 Å². The first kappa shape index (κ1) is 17.9. The lowest BCUT2D eigenvalue weighted by atomic mass is 9.80. The molecule has 0 unspecified atom stereocenters. The van der Waals surface area contributed by atoms with Crippen LogP contribution in [0.15, 0.2) is 18.3 Å². The number of carboxylic acid groups (broad SMARTS) is 1. The third-order valence-corrected chi connectivity index (χ3v) is 4.27. The van der Waals surface area contributed by atoms with Gasteiger partial charge < -0.3 is 15.7 Å². The zero-order valence-corrected chi connectivity index (χ0v) is 13.8. The maximum absolute atomic E-state index is 12.6. The number of hydrogen-bond donors (Lipinski definition) is 3. The number of amides is 2. The molecule has 2 rings (SSSR count). The third kappa shape index (κ3) is 4.10. The molecule has 1 aromatic rings. The zero-order chi connectivity index (χ0) is 17.6. The van der Waals surface area contributed by atoms with Gasteiger partial charge in [0.2, 0.25) is 5.91 Å². The highest BCUT2D eigenvalue weighted by atomic mass is 16.4. The van der Waals surface area contributed by atoms with Crippen LogP contribution in [-0.4, -0.2) is 40.0 Å². The molecule has 1 aromatic heterocycles. The Bertz CT molecular complexity index is 624. The monoisotopic (exact) mass is 333 g/mol. The molecule has 0 aromatic carbocycles. The van der Waals surface area contributed by atoms with Gasteiger partial charge in [-0.05, 0) is 31.4 Å². The predicted molar refractivity (Wildman–Crippen MR) is 87.8 cm³/mol. The molecule has 3 N–H and O–H groups in total. The van der Waals surface area contributed by atoms with Crippen molar-refractivity contribution in [3.05, 3.63) is 29.6 Å². The highest BCUT2D eigenvalue weighted by molar-refractivity contribution is 6.00. The first-order valence-corrected chi connectivity index (χ1v) is 8.28. The van der Waals surface area contributed by atoms with Crippen molar-refractivity contribution in [2.45, 2.75) is 51.0 Å².